The number of aromatic nitrogens is 1. The Morgan fingerprint density at radius 2 is 1.67 bits per heavy atom. The summed E-state index contributed by atoms with van der Waals surface area (Å²) in [4.78, 5) is 4.79. The van der Waals surface area contributed by atoms with Crippen LogP contribution in [0.25, 0.3) is 21.9 Å². The minimum Gasteiger partial charge on any atom is -0.387 e. The van der Waals surface area contributed by atoms with E-state index in [0.29, 0.717) is 29.6 Å². The lowest BCUT2D eigenvalue weighted by molar-refractivity contribution is 0.113. The molecule has 5 aliphatic carbocycles. The number of benzene rings is 2. The van der Waals surface area contributed by atoms with Crippen molar-refractivity contribution in [2.75, 3.05) is 6.54 Å². The number of pyridine rings is 1. The highest BCUT2D eigenvalue weighted by Gasteiger charge is 2.47. The number of fused-ring (bicyclic) bond motifs is 3. The second kappa shape index (κ2) is 11.9. The molecule has 0 bridgehead atoms. The Bertz CT molecular complexity index is 1890. The molecule has 2 aromatic carbocycles. The summed E-state index contributed by atoms with van der Waals surface area (Å²) < 4.78 is 0. The van der Waals surface area contributed by atoms with Crippen LogP contribution in [0.1, 0.15) is 74.0 Å². The van der Waals surface area contributed by atoms with Crippen molar-refractivity contribution in [3.8, 4) is 0 Å². The maximum Gasteiger partial charge on any atom is 0.0401 e. The van der Waals surface area contributed by atoms with Crippen LogP contribution in [-0.4, -0.2) is 11.5 Å². The van der Waals surface area contributed by atoms with Crippen molar-refractivity contribution in [1.82, 2.24) is 10.3 Å². The molecule has 1 aromatic heterocycles. The van der Waals surface area contributed by atoms with E-state index in [2.05, 4.69) is 109 Å². The summed E-state index contributed by atoms with van der Waals surface area (Å²) in [6.07, 6.45) is 36.1. The van der Waals surface area contributed by atoms with E-state index in [-0.39, 0.29) is 0 Å². The van der Waals surface area contributed by atoms with Crippen molar-refractivity contribution in [3.63, 3.8) is 0 Å². The van der Waals surface area contributed by atoms with Gasteiger partial charge in [-0.3, -0.25) is 4.98 Å². The molecule has 1 N–H and O–H groups in total. The van der Waals surface area contributed by atoms with Crippen molar-refractivity contribution in [2.45, 2.75) is 57.3 Å². The van der Waals surface area contributed by atoms with Gasteiger partial charge in [0.05, 0.1) is 0 Å². The molecule has 1 fully saturated rings. The Balaban J connectivity index is 1.13. The largest absolute Gasteiger partial charge is 0.387 e. The zero-order chi connectivity index (χ0) is 30.5. The molecule has 9 rings (SSSR count). The molecule has 0 spiro atoms. The fourth-order valence-electron chi connectivity index (χ4n) is 10.1. The summed E-state index contributed by atoms with van der Waals surface area (Å²) in [6.45, 7) is 0.872. The van der Waals surface area contributed by atoms with E-state index in [1.807, 2.05) is 12.4 Å². The van der Waals surface area contributed by atoms with Crippen LogP contribution in [0, 0.1) is 29.6 Å². The lowest BCUT2D eigenvalue weighted by Gasteiger charge is -2.50. The van der Waals surface area contributed by atoms with Gasteiger partial charge in [0.1, 0.15) is 0 Å². The van der Waals surface area contributed by atoms with Gasteiger partial charge < -0.3 is 5.32 Å². The van der Waals surface area contributed by atoms with E-state index in [9.17, 15) is 0 Å². The first-order chi connectivity index (χ1) is 22.8. The van der Waals surface area contributed by atoms with Gasteiger partial charge in [-0.1, -0.05) is 97.3 Å². The van der Waals surface area contributed by atoms with Crippen LogP contribution >= 0.6 is 0 Å². The van der Waals surface area contributed by atoms with Crippen LogP contribution in [0.5, 0.6) is 0 Å². The van der Waals surface area contributed by atoms with Crippen molar-refractivity contribution < 1.29 is 0 Å². The zero-order valence-corrected chi connectivity index (χ0v) is 26.7. The molecule has 2 heterocycles. The van der Waals surface area contributed by atoms with Gasteiger partial charge in [-0.25, -0.2) is 0 Å². The maximum atomic E-state index is 4.79. The normalized spacial score (nSPS) is 30.0. The Morgan fingerprint density at radius 3 is 2.59 bits per heavy atom. The van der Waals surface area contributed by atoms with E-state index < -0.39 is 0 Å². The van der Waals surface area contributed by atoms with E-state index in [1.54, 1.807) is 11.1 Å². The second-order valence-corrected chi connectivity index (χ2v) is 14.4. The lowest BCUT2D eigenvalue weighted by Crippen LogP contribution is -2.41. The molecule has 6 aliphatic rings. The minimum absolute atomic E-state index is 0.458. The number of dihydropyridines is 1. The number of rotatable bonds is 4. The van der Waals surface area contributed by atoms with Crippen molar-refractivity contribution >= 4 is 21.9 Å². The second-order valence-electron chi connectivity index (χ2n) is 14.4. The molecule has 3 aromatic rings. The molecule has 1 aliphatic heterocycles. The summed E-state index contributed by atoms with van der Waals surface area (Å²) in [7, 11) is 0. The molecule has 6 atom stereocenters. The third-order valence-corrected chi connectivity index (χ3v) is 12.1. The number of hydrogen-bond donors (Lipinski definition) is 1. The van der Waals surface area contributed by atoms with Crippen LogP contribution < -0.4 is 5.32 Å². The van der Waals surface area contributed by atoms with Crippen molar-refractivity contribution in [2.24, 2.45) is 29.6 Å². The standard InChI is InChI=1S/C44H44N2/c1-2-11-30-24-31(20-19-29(30)10-1)43-38-15-5-7-17-40(38)44(41-18-8-6-16-39(41)43)42-22-21-35(36-13-3-4-14-37(36)42)34-25-33(27-46-28-34)32-12-9-23-45-26-32/h1-2,5-6,9-12,15-16,19-25,27-28,35-37,40,42,44-45H,3-4,7-8,13-14,17-18,26H2. The predicted molar refractivity (Wildman–Crippen MR) is 192 cm³/mol. The van der Waals surface area contributed by atoms with Gasteiger partial charge in [-0.2, -0.15) is 0 Å². The van der Waals surface area contributed by atoms with Gasteiger partial charge >= 0.3 is 0 Å². The molecule has 0 amide bonds. The highest BCUT2D eigenvalue weighted by molar-refractivity contribution is 5.93. The third-order valence-electron chi connectivity index (χ3n) is 12.1. The van der Waals surface area contributed by atoms with Crippen molar-refractivity contribution in [1.29, 1.82) is 0 Å². The molecule has 0 radical (unpaired) electrons. The Morgan fingerprint density at radius 1 is 0.783 bits per heavy atom. The summed E-state index contributed by atoms with van der Waals surface area (Å²) in [5.41, 5.74) is 11.8. The van der Waals surface area contributed by atoms with Crippen LogP contribution in [0.2, 0.25) is 0 Å². The quantitative estimate of drug-likeness (QED) is 0.301. The molecule has 6 unspecified atom stereocenters. The Labute approximate surface area is 274 Å². The number of allylic oxidation sites excluding steroid dienone is 12. The first-order valence-electron chi connectivity index (χ1n) is 17.9. The summed E-state index contributed by atoms with van der Waals surface area (Å²) in [5, 5.41) is 6.04. The SMILES string of the molecule is C1=CNCC(c2cncc(C3C=CC(C4C5=C(C=CCC5)C(c5ccc6ccccc6c5)=C5C=CCCC54)C4CCCCC34)c2)=C1. The summed E-state index contributed by atoms with van der Waals surface area (Å²) in [5.74, 6) is 3.67. The van der Waals surface area contributed by atoms with Gasteiger partial charge in [0.2, 0.25) is 0 Å². The van der Waals surface area contributed by atoms with Gasteiger partial charge in [0.15, 0.2) is 0 Å². The fraction of sp³-hybridized carbons (Fsp3) is 0.341. The van der Waals surface area contributed by atoms with Crippen LogP contribution in [0.4, 0.5) is 0 Å². The van der Waals surface area contributed by atoms with Crippen molar-refractivity contribution in [3.05, 3.63) is 149 Å². The zero-order valence-electron chi connectivity index (χ0n) is 26.7. The molecule has 1 saturated carbocycles. The number of nitrogens with zero attached hydrogens (tertiary/aromatic N) is 1. The molecule has 46 heavy (non-hydrogen) atoms. The first-order valence-corrected chi connectivity index (χ1v) is 17.9. The average molecular weight is 601 g/mol. The average Bonchev–Trinajstić information content (AvgIpc) is 3.14. The van der Waals surface area contributed by atoms with Gasteiger partial charge in [-0.05, 0) is 142 Å². The minimum atomic E-state index is 0.458. The highest BCUT2D eigenvalue weighted by Crippen LogP contribution is 2.58. The summed E-state index contributed by atoms with van der Waals surface area (Å²) >= 11 is 0. The monoisotopic (exact) mass is 600 g/mol. The van der Waals surface area contributed by atoms with E-state index in [0.717, 1.165) is 12.5 Å². The molecule has 2 nitrogen and oxygen atoms in total. The smallest absolute Gasteiger partial charge is 0.0401 e. The van der Waals surface area contributed by atoms with E-state index in [1.165, 1.54) is 95.5 Å². The third kappa shape index (κ3) is 4.80. The van der Waals surface area contributed by atoms with E-state index >= 15 is 0 Å². The molecule has 230 valence electrons. The predicted octanol–water partition coefficient (Wildman–Crippen LogP) is 10.5. The maximum absolute atomic E-state index is 4.79. The van der Waals surface area contributed by atoms with Crippen LogP contribution in [0.15, 0.2) is 132 Å². The Kier molecular flexibility index (Phi) is 7.26. The lowest BCUT2D eigenvalue weighted by atomic mass is 9.54. The topological polar surface area (TPSA) is 24.9 Å². The van der Waals surface area contributed by atoms with Gasteiger partial charge in [0, 0.05) is 24.9 Å². The number of nitrogens with one attached hydrogen (secondary N) is 1. The molecular weight excluding hydrogens is 556 g/mol. The van der Waals surface area contributed by atoms with Gasteiger partial charge in [-0.15, -0.1) is 0 Å². The number of hydrogen-bond acceptors (Lipinski definition) is 2. The van der Waals surface area contributed by atoms with Gasteiger partial charge in [0.25, 0.3) is 0 Å². The molecular formula is C44H44N2. The molecule has 2 heteroatoms. The summed E-state index contributed by atoms with van der Waals surface area (Å²) in [6, 6.07) is 18.4. The molecule has 0 saturated heterocycles. The highest BCUT2D eigenvalue weighted by atomic mass is 14.8. The van der Waals surface area contributed by atoms with Crippen LogP contribution in [0.3, 0.4) is 0 Å². The first kappa shape index (κ1) is 28.1. The fourth-order valence-corrected chi connectivity index (χ4v) is 10.1. The van der Waals surface area contributed by atoms with Crippen LogP contribution in [-0.2, 0) is 0 Å². The Hall–Kier alpha value is -4.17. The van der Waals surface area contributed by atoms with E-state index in [4.69, 9.17) is 4.98 Å².